The molecule has 0 heterocycles. The van der Waals surface area contributed by atoms with E-state index in [0.29, 0.717) is 24.6 Å². The molecule has 5 nitrogen and oxygen atoms in total. The molecular weight excluding hydrogens is 352 g/mol. The van der Waals surface area contributed by atoms with Gasteiger partial charge in [-0.25, -0.2) is 4.99 Å². The molecule has 146 valence electrons. The molecule has 1 atom stereocenters. The molecule has 2 N–H and O–H groups in total. The molecule has 27 heavy (non-hydrogen) atoms. The molecule has 0 amide bonds. The summed E-state index contributed by atoms with van der Waals surface area (Å²) >= 11 is 0. The van der Waals surface area contributed by atoms with Crippen molar-refractivity contribution in [1.29, 1.82) is 0 Å². The van der Waals surface area contributed by atoms with Crippen LogP contribution in [0.1, 0.15) is 24.2 Å². The second-order valence-corrected chi connectivity index (χ2v) is 5.70. The molecule has 0 aliphatic carbocycles. The monoisotopic (exact) mass is 377 g/mol. The maximum Gasteiger partial charge on any atom is 0.387 e. The topological polar surface area (TPSA) is 54.9 Å². The van der Waals surface area contributed by atoms with Crippen LogP contribution < -0.4 is 15.4 Å². The van der Waals surface area contributed by atoms with E-state index in [1.807, 2.05) is 37.3 Å². The van der Waals surface area contributed by atoms with Crippen LogP contribution >= 0.6 is 0 Å². The molecule has 0 bridgehead atoms. The first-order valence-electron chi connectivity index (χ1n) is 8.76. The number of nitrogens with zero attached hydrogens (tertiary/aromatic N) is 1. The molecular formula is C20H25F2N3O2. The van der Waals surface area contributed by atoms with E-state index in [0.717, 1.165) is 5.56 Å². The van der Waals surface area contributed by atoms with Crippen molar-refractivity contribution in [3.63, 3.8) is 0 Å². The van der Waals surface area contributed by atoms with Gasteiger partial charge in [0.2, 0.25) is 0 Å². The van der Waals surface area contributed by atoms with Crippen LogP contribution in [0.25, 0.3) is 0 Å². The van der Waals surface area contributed by atoms with Crippen LogP contribution in [0.2, 0.25) is 0 Å². The van der Waals surface area contributed by atoms with Crippen molar-refractivity contribution < 1.29 is 18.3 Å². The number of ether oxygens (including phenoxy) is 2. The molecule has 1 unspecified atom stereocenters. The first-order chi connectivity index (χ1) is 13.1. The Kier molecular flexibility index (Phi) is 8.51. The fourth-order valence-corrected chi connectivity index (χ4v) is 2.55. The van der Waals surface area contributed by atoms with Crippen LogP contribution in [0.5, 0.6) is 5.75 Å². The second kappa shape index (κ2) is 11.1. The van der Waals surface area contributed by atoms with Gasteiger partial charge in [-0.3, -0.25) is 0 Å². The average molecular weight is 377 g/mol. The maximum atomic E-state index is 12.5. The highest BCUT2D eigenvalue weighted by Gasteiger charge is 2.12. The third-order valence-corrected chi connectivity index (χ3v) is 3.85. The fourth-order valence-electron chi connectivity index (χ4n) is 2.55. The number of alkyl halides is 2. The minimum Gasteiger partial charge on any atom is -0.434 e. The van der Waals surface area contributed by atoms with Crippen LogP contribution in [0.3, 0.4) is 0 Å². The van der Waals surface area contributed by atoms with Gasteiger partial charge >= 0.3 is 6.61 Å². The summed E-state index contributed by atoms with van der Waals surface area (Å²) in [7, 11) is 1.65. The molecule has 2 aromatic carbocycles. The summed E-state index contributed by atoms with van der Waals surface area (Å²) in [6, 6.07) is 16.5. The van der Waals surface area contributed by atoms with Gasteiger partial charge < -0.3 is 20.1 Å². The average Bonchev–Trinajstić information content (AvgIpc) is 2.68. The molecule has 2 rings (SSSR count). The van der Waals surface area contributed by atoms with Gasteiger partial charge in [0.05, 0.1) is 12.6 Å². The number of hydrogen-bond donors (Lipinski definition) is 2. The van der Waals surface area contributed by atoms with Gasteiger partial charge in [-0.05, 0) is 18.6 Å². The number of nitrogens with one attached hydrogen (secondary N) is 2. The number of para-hydroxylation sites is 1. The van der Waals surface area contributed by atoms with E-state index in [9.17, 15) is 8.78 Å². The summed E-state index contributed by atoms with van der Waals surface area (Å²) < 4.78 is 35.2. The second-order valence-electron chi connectivity index (χ2n) is 5.70. The lowest BCUT2D eigenvalue weighted by Crippen LogP contribution is -2.39. The smallest absolute Gasteiger partial charge is 0.387 e. The van der Waals surface area contributed by atoms with E-state index in [-0.39, 0.29) is 18.4 Å². The van der Waals surface area contributed by atoms with Crippen LogP contribution in [-0.4, -0.2) is 32.8 Å². The van der Waals surface area contributed by atoms with Crippen LogP contribution in [0, 0.1) is 0 Å². The van der Waals surface area contributed by atoms with E-state index >= 15 is 0 Å². The predicted octanol–water partition coefficient (Wildman–Crippen LogP) is 3.73. The standard InChI is InChI=1S/C20H25F2N3O2/c1-3-23-20(25-14-18(26-2)15-9-5-4-6-10-15)24-13-16-11-7-8-12-17(16)27-19(21)22/h4-12,18-19H,3,13-14H2,1-2H3,(H2,23,24,25). The number of benzene rings is 2. The Balaban J connectivity index is 2.04. The number of guanidine groups is 1. The maximum absolute atomic E-state index is 12.5. The zero-order valence-corrected chi connectivity index (χ0v) is 15.5. The summed E-state index contributed by atoms with van der Waals surface area (Å²) in [5.41, 5.74) is 1.64. The first-order valence-corrected chi connectivity index (χ1v) is 8.76. The van der Waals surface area contributed by atoms with E-state index < -0.39 is 6.61 Å². The Bertz CT molecular complexity index is 711. The van der Waals surface area contributed by atoms with Gasteiger partial charge in [-0.15, -0.1) is 0 Å². The number of aliphatic imine (C=N–C) groups is 1. The van der Waals surface area contributed by atoms with E-state index in [2.05, 4.69) is 20.4 Å². The third kappa shape index (κ3) is 6.86. The summed E-state index contributed by atoms with van der Waals surface area (Å²) in [6.07, 6.45) is -0.135. The Morgan fingerprint density at radius 1 is 1.04 bits per heavy atom. The van der Waals surface area contributed by atoms with Crippen molar-refractivity contribution in [3.8, 4) is 5.75 Å². The number of rotatable bonds is 9. The van der Waals surface area contributed by atoms with Crippen molar-refractivity contribution >= 4 is 5.96 Å². The van der Waals surface area contributed by atoms with E-state index in [4.69, 9.17) is 4.74 Å². The Hall–Kier alpha value is -2.67. The number of methoxy groups -OCH3 is 1. The SMILES string of the molecule is CCNC(=NCc1ccccc1OC(F)F)NCC(OC)c1ccccc1. The van der Waals surface area contributed by atoms with Crippen molar-refractivity contribution in [1.82, 2.24) is 10.6 Å². The summed E-state index contributed by atoms with van der Waals surface area (Å²) in [5.74, 6) is 0.702. The lowest BCUT2D eigenvalue weighted by Gasteiger charge is -2.19. The van der Waals surface area contributed by atoms with Gasteiger partial charge in [0.25, 0.3) is 0 Å². The van der Waals surface area contributed by atoms with Crippen molar-refractivity contribution in [3.05, 3.63) is 65.7 Å². The van der Waals surface area contributed by atoms with Crippen molar-refractivity contribution in [2.24, 2.45) is 4.99 Å². The highest BCUT2D eigenvalue weighted by Crippen LogP contribution is 2.21. The van der Waals surface area contributed by atoms with Crippen molar-refractivity contribution in [2.45, 2.75) is 26.2 Å². The summed E-state index contributed by atoms with van der Waals surface area (Å²) in [5, 5.41) is 6.36. The molecule has 0 aliphatic heterocycles. The molecule has 0 radical (unpaired) electrons. The molecule has 0 spiro atoms. The van der Waals surface area contributed by atoms with Gasteiger partial charge in [0.15, 0.2) is 5.96 Å². The quantitative estimate of drug-likeness (QED) is 0.516. The van der Waals surface area contributed by atoms with E-state index in [1.165, 1.54) is 6.07 Å². The lowest BCUT2D eigenvalue weighted by atomic mass is 10.1. The van der Waals surface area contributed by atoms with Gasteiger partial charge in [-0.1, -0.05) is 48.5 Å². The van der Waals surface area contributed by atoms with Crippen LogP contribution in [-0.2, 0) is 11.3 Å². The molecule has 0 aromatic heterocycles. The first kappa shape index (κ1) is 20.6. The molecule has 0 saturated heterocycles. The highest BCUT2D eigenvalue weighted by atomic mass is 19.3. The minimum absolute atomic E-state index is 0.131. The molecule has 0 aliphatic rings. The van der Waals surface area contributed by atoms with Crippen LogP contribution in [0.15, 0.2) is 59.6 Å². The summed E-state index contributed by atoms with van der Waals surface area (Å²) in [4.78, 5) is 4.47. The zero-order valence-electron chi connectivity index (χ0n) is 15.5. The van der Waals surface area contributed by atoms with Gasteiger partial charge in [-0.2, -0.15) is 8.78 Å². The number of hydrogen-bond acceptors (Lipinski definition) is 3. The molecule has 7 heteroatoms. The Labute approximate surface area is 158 Å². The third-order valence-electron chi connectivity index (χ3n) is 3.85. The molecule has 2 aromatic rings. The number of halogens is 2. The minimum atomic E-state index is -2.87. The van der Waals surface area contributed by atoms with Crippen molar-refractivity contribution in [2.75, 3.05) is 20.2 Å². The van der Waals surface area contributed by atoms with Crippen LogP contribution in [0.4, 0.5) is 8.78 Å². The Morgan fingerprint density at radius 2 is 1.74 bits per heavy atom. The normalized spacial score (nSPS) is 12.7. The largest absolute Gasteiger partial charge is 0.434 e. The zero-order chi connectivity index (χ0) is 19.5. The summed E-state index contributed by atoms with van der Waals surface area (Å²) in [6.45, 7) is 0.484. The van der Waals surface area contributed by atoms with Gasteiger partial charge in [0, 0.05) is 25.8 Å². The lowest BCUT2D eigenvalue weighted by molar-refractivity contribution is -0.0504. The fraction of sp³-hybridized carbons (Fsp3) is 0.350. The highest BCUT2D eigenvalue weighted by molar-refractivity contribution is 5.79. The van der Waals surface area contributed by atoms with Gasteiger partial charge in [0.1, 0.15) is 5.75 Å². The predicted molar refractivity (Wildman–Crippen MR) is 102 cm³/mol. The molecule has 0 fully saturated rings. The molecule has 0 saturated carbocycles. The van der Waals surface area contributed by atoms with E-state index in [1.54, 1.807) is 25.3 Å². The Morgan fingerprint density at radius 3 is 2.41 bits per heavy atom.